The molecule has 10 heteroatoms. The molecule has 1 aromatic carbocycles. The smallest absolute Gasteiger partial charge is 0.358 e. The van der Waals surface area contributed by atoms with Gasteiger partial charge in [-0.15, -0.1) is 5.10 Å². The van der Waals surface area contributed by atoms with Gasteiger partial charge in [-0.1, -0.05) is 30.3 Å². The Balaban J connectivity index is 1.87. The summed E-state index contributed by atoms with van der Waals surface area (Å²) in [4.78, 5) is 14.3. The molecule has 0 amide bonds. The van der Waals surface area contributed by atoms with Gasteiger partial charge in [-0.25, -0.2) is 4.68 Å². The first kappa shape index (κ1) is 14.2. The highest BCUT2D eigenvalue weighted by atomic mass is 32.2. The van der Waals surface area contributed by atoms with E-state index in [9.17, 15) is 10.1 Å². The molecule has 0 aliphatic heterocycles. The van der Waals surface area contributed by atoms with E-state index in [4.69, 9.17) is 0 Å². The number of hydrogen-bond acceptors (Lipinski definition) is 7. The first-order chi connectivity index (χ1) is 10.6. The molecule has 0 radical (unpaired) electrons. The molecule has 3 rings (SSSR count). The van der Waals surface area contributed by atoms with Gasteiger partial charge in [0.15, 0.2) is 5.03 Å². The van der Waals surface area contributed by atoms with E-state index in [0.717, 1.165) is 17.3 Å². The number of nitrogens with zero attached hydrogens (tertiary/aromatic N) is 7. The molecule has 0 atom stereocenters. The van der Waals surface area contributed by atoms with Gasteiger partial charge in [0.2, 0.25) is 11.5 Å². The van der Waals surface area contributed by atoms with E-state index in [1.165, 1.54) is 6.33 Å². The predicted molar refractivity (Wildman–Crippen MR) is 77.3 cm³/mol. The maximum Gasteiger partial charge on any atom is 0.396 e. The summed E-state index contributed by atoms with van der Waals surface area (Å²) in [7, 11) is 1.69. The van der Waals surface area contributed by atoms with Gasteiger partial charge < -0.3 is 14.7 Å². The van der Waals surface area contributed by atoms with Gasteiger partial charge in [-0.2, -0.15) is 0 Å². The minimum Gasteiger partial charge on any atom is -0.358 e. The number of aromatic nitrogens is 6. The Morgan fingerprint density at radius 1 is 1.32 bits per heavy atom. The van der Waals surface area contributed by atoms with Crippen molar-refractivity contribution in [1.29, 1.82) is 0 Å². The van der Waals surface area contributed by atoms with Gasteiger partial charge in [0.1, 0.15) is 0 Å². The van der Waals surface area contributed by atoms with E-state index in [-0.39, 0.29) is 5.82 Å². The Hall–Kier alpha value is -2.75. The van der Waals surface area contributed by atoms with Crippen molar-refractivity contribution in [2.24, 2.45) is 7.05 Å². The molecule has 9 nitrogen and oxygen atoms in total. The van der Waals surface area contributed by atoms with Crippen molar-refractivity contribution >= 4 is 17.6 Å². The molecule has 112 valence electrons. The highest BCUT2D eigenvalue weighted by molar-refractivity contribution is 7.99. The number of nitro groups is 1. The lowest BCUT2D eigenvalue weighted by Crippen LogP contribution is -2.04. The van der Waals surface area contributed by atoms with Crippen LogP contribution in [0.2, 0.25) is 0 Å². The number of hydrogen-bond donors (Lipinski definition) is 0. The standard InChI is InChI=1S/C12H11N7O2S/c1-17-8-13-10(19(20)21)11(17)22-12-14-15-16-18(12)7-9-5-3-2-4-6-9/h2-6,8H,7H2,1H3. The number of imidazole rings is 1. The van der Waals surface area contributed by atoms with Gasteiger partial charge in [0.05, 0.1) is 6.54 Å². The largest absolute Gasteiger partial charge is 0.396 e. The highest BCUT2D eigenvalue weighted by Crippen LogP contribution is 2.32. The lowest BCUT2D eigenvalue weighted by molar-refractivity contribution is -0.392. The van der Waals surface area contributed by atoms with Crippen molar-refractivity contribution in [2.45, 2.75) is 16.7 Å². The van der Waals surface area contributed by atoms with Gasteiger partial charge in [-0.3, -0.25) is 0 Å². The number of tetrazole rings is 1. The summed E-state index contributed by atoms with van der Waals surface area (Å²) >= 11 is 1.11. The second kappa shape index (κ2) is 5.93. The number of rotatable bonds is 5. The zero-order valence-corrected chi connectivity index (χ0v) is 12.3. The molecular weight excluding hydrogens is 306 g/mol. The molecular formula is C12H11N7O2S. The maximum atomic E-state index is 11.0. The fraction of sp³-hybridized carbons (Fsp3) is 0.167. The summed E-state index contributed by atoms with van der Waals surface area (Å²) in [5.41, 5.74) is 1.04. The molecule has 22 heavy (non-hydrogen) atoms. The lowest BCUT2D eigenvalue weighted by atomic mass is 10.2. The van der Waals surface area contributed by atoms with Gasteiger partial charge in [0, 0.05) is 7.05 Å². The Labute approximate surface area is 129 Å². The van der Waals surface area contributed by atoms with E-state index < -0.39 is 4.92 Å². The molecule has 2 aromatic heterocycles. The third-order valence-electron chi connectivity index (χ3n) is 2.90. The van der Waals surface area contributed by atoms with E-state index in [1.54, 1.807) is 16.3 Å². The summed E-state index contributed by atoms with van der Waals surface area (Å²) in [6.45, 7) is 0.488. The molecule has 3 aromatic rings. The third-order valence-corrected chi connectivity index (χ3v) is 4.04. The Morgan fingerprint density at radius 2 is 2.09 bits per heavy atom. The summed E-state index contributed by atoms with van der Waals surface area (Å²) < 4.78 is 3.17. The zero-order chi connectivity index (χ0) is 15.5. The quantitative estimate of drug-likeness (QED) is 0.519. The molecule has 2 heterocycles. The van der Waals surface area contributed by atoms with E-state index in [1.807, 2.05) is 30.3 Å². The molecule has 0 aliphatic carbocycles. The van der Waals surface area contributed by atoms with Crippen LogP contribution in [0.1, 0.15) is 5.56 Å². The normalized spacial score (nSPS) is 10.8. The third kappa shape index (κ3) is 2.81. The molecule has 0 bridgehead atoms. The van der Waals surface area contributed by atoms with E-state index in [0.29, 0.717) is 16.7 Å². The second-order valence-electron chi connectivity index (χ2n) is 4.45. The van der Waals surface area contributed by atoms with Crippen LogP contribution in [-0.2, 0) is 13.6 Å². The van der Waals surface area contributed by atoms with Crippen LogP contribution in [0.25, 0.3) is 0 Å². The monoisotopic (exact) mass is 317 g/mol. The van der Waals surface area contributed by atoms with Crippen LogP contribution in [-0.4, -0.2) is 34.7 Å². The minimum atomic E-state index is -0.520. The topological polar surface area (TPSA) is 105 Å². The van der Waals surface area contributed by atoms with Crippen LogP contribution in [0.5, 0.6) is 0 Å². The fourth-order valence-corrected chi connectivity index (χ4v) is 2.73. The molecule has 0 fully saturated rings. The van der Waals surface area contributed by atoms with Crippen LogP contribution < -0.4 is 0 Å². The summed E-state index contributed by atoms with van der Waals surface area (Å²) in [6.07, 6.45) is 1.39. The lowest BCUT2D eigenvalue weighted by Gasteiger charge is -2.04. The second-order valence-corrected chi connectivity index (χ2v) is 5.40. The first-order valence-corrected chi connectivity index (χ1v) is 7.10. The van der Waals surface area contributed by atoms with Crippen molar-refractivity contribution in [1.82, 2.24) is 29.8 Å². The highest BCUT2D eigenvalue weighted by Gasteiger charge is 2.23. The summed E-state index contributed by atoms with van der Waals surface area (Å²) in [6, 6.07) is 9.71. The van der Waals surface area contributed by atoms with E-state index >= 15 is 0 Å². The Morgan fingerprint density at radius 3 is 2.82 bits per heavy atom. The SMILES string of the molecule is Cn1cnc([N+](=O)[O-])c1Sc1nnnn1Cc1ccccc1. The molecule has 0 aliphatic rings. The van der Waals surface area contributed by atoms with Gasteiger partial charge >= 0.3 is 5.82 Å². The summed E-state index contributed by atoms with van der Waals surface area (Å²) in [5.74, 6) is -0.207. The van der Waals surface area contributed by atoms with E-state index in [2.05, 4.69) is 20.5 Å². The average Bonchev–Trinajstić information content (AvgIpc) is 3.09. The van der Waals surface area contributed by atoms with Crippen molar-refractivity contribution in [3.63, 3.8) is 0 Å². The van der Waals surface area contributed by atoms with Crippen LogP contribution >= 0.6 is 11.8 Å². The van der Waals surface area contributed by atoms with Crippen molar-refractivity contribution in [2.75, 3.05) is 0 Å². The zero-order valence-electron chi connectivity index (χ0n) is 11.5. The van der Waals surface area contributed by atoms with Crippen LogP contribution in [0, 0.1) is 10.1 Å². The van der Waals surface area contributed by atoms with Crippen molar-refractivity contribution in [3.8, 4) is 0 Å². The molecule has 0 spiro atoms. The average molecular weight is 317 g/mol. The number of benzene rings is 1. The Kier molecular flexibility index (Phi) is 3.83. The van der Waals surface area contributed by atoms with Gasteiger partial charge in [0.25, 0.3) is 0 Å². The summed E-state index contributed by atoms with van der Waals surface area (Å²) in [5, 5.41) is 23.4. The fourth-order valence-electron chi connectivity index (χ4n) is 1.86. The van der Waals surface area contributed by atoms with Crippen LogP contribution in [0.3, 0.4) is 0 Å². The first-order valence-electron chi connectivity index (χ1n) is 6.29. The van der Waals surface area contributed by atoms with Crippen molar-refractivity contribution in [3.05, 3.63) is 52.3 Å². The molecule has 0 N–H and O–H groups in total. The molecule has 0 unspecified atom stereocenters. The van der Waals surface area contributed by atoms with Gasteiger partial charge in [-0.05, 0) is 37.7 Å². The Bertz CT molecular complexity index is 799. The van der Waals surface area contributed by atoms with Crippen LogP contribution in [0.4, 0.5) is 5.82 Å². The maximum absolute atomic E-state index is 11.0. The van der Waals surface area contributed by atoms with Crippen LogP contribution in [0.15, 0.2) is 46.8 Å². The minimum absolute atomic E-state index is 0.207. The predicted octanol–water partition coefficient (Wildman–Crippen LogP) is 1.51. The van der Waals surface area contributed by atoms with Crippen molar-refractivity contribution < 1.29 is 4.92 Å². The molecule has 0 saturated carbocycles. The molecule has 0 saturated heterocycles. The number of aryl methyl sites for hydroxylation is 1.